The third kappa shape index (κ3) is 1.37. The van der Waals surface area contributed by atoms with Crippen molar-refractivity contribution in [3.8, 4) is 5.75 Å². The van der Waals surface area contributed by atoms with Crippen molar-refractivity contribution in [2.45, 2.75) is 0 Å². The summed E-state index contributed by atoms with van der Waals surface area (Å²) in [5.41, 5.74) is 0.697. The van der Waals surface area contributed by atoms with E-state index in [1.54, 1.807) is 19.5 Å². The van der Waals surface area contributed by atoms with Crippen molar-refractivity contribution in [2.75, 3.05) is 7.11 Å². The molecule has 2 heterocycles. The highest BCUT2D eigenvalue weighted by Gasteiger charge is 2.06. The molecule has 2 rings (SSSR count). The van der Waals surface area contributed by atoms with E-state index in [1.165, 1.54) is 0 Å². The van der Waals surface area contributed by atoms with Gasteiger partial charge in [-0.25, -0.2) is 9.97 Å². The van der Waals surface area contributed by atoms with Crippen molar-refractivity contribution < 1.29 is 4.74 Å². The second-order valence-electron chi connectivity index (χ2n) is 2.51. The highest BCUT2D eigenvalue weighted by molar-refractivity contribution is 9.10. The molecule has 0 aliphatic heterocycles. The summed E-state index contributed by atoms with van der Waals surface area (Å²) >= 11 is 3.36. The van der Waals surface area contributed by atoms with Gasteiger partial charge in [-0.15, -0.1) is 0 Å². The Kier molecular flexibility index (Phi) is 2.14. The van der Waals surface area contributed by atoms with E-state index in [1.807, 2.05) is 12.1 Å². The van der Waals surface area contributed by atoms with E-state index in [4.69, 9.17) is 4.74 Å². The SMILES string of the molecule is COc1c(Br)cnc2ncccc12. The molecule has 0 aromatic carbocycles. The third-order valence-electron chi connectivity index (χ3n) is 1.75. The Morgan fingerprint density at radius 2 is 2.23 bits per heavy atom. The van der Waals surface area contributed by atoms with Crippen molar-refractivity contribution in [2.24, 2.45) is 0 Å². The fraction of sp³-hybridized carbons (Fsp3) is 0.111. The van der Waals surface area contributed by atoms with Crippen LogP contribution < -0.4 is 4.74 Å². The van der Waals surface area contributed by atoms with Crippen molar-refractivity contribution in [1.29, 1.82) is 0 Å². The molecule has 0 fully saturated rings. The number of pyridine rings is 2. The van der Waals surface area contributed by atoms with Gasteiger partial charge in [-0.05, 0) is 28.1 Å². The van der Waals surface area contributed by atoms with Crippen LogP contribution in [0.1, 0.15) is 0 Å². The summed E-state index contributed by atoms with van der Waals surface area (Å²) in [4.78, 5) is 8.27. The van der Waals surface area contributed by atoms with E-state index >= 15 is 0 Å². The van der Waals surface area contributed by atoms with Gasteiger partial charge in [0.1, 0.15) is 5.75 Å². The van der Waals surface area contributed by atoms with E-state index in [0.717, 1.165) is 15.6 Å². The molecule has 0 atom stereocenters. The number of methoxy groups -OCH3 is 1. The zero-order chi connectivity index (χ0) is 9.26. The van der Waals surface area contributed by atoms with E-state index in [0.29, 0.717) is 5.65 Å². The molecule has 0 spiro atoms. The number of hydrogen-bond donors (Lipinski definition) is 0. The molecule has 0 radical (unpaired) electrons. The minimum absolute atomic E-state index is 0.697. The molecular weight excluding hydrogens is 232 g/mol. The zero-order valence-electron chi connectivity index (χ0n) is 6.99. The van der Waals surface area contributed by atoms with Crippen molar-refractivity contribution in [3.63, 3.8) is 0 Å². The largest absolute Gasteiger partial charge is 0.495 e. The van der Waals surface area contributed by atoms with Crippen LogP contribution in [0.3, 0.4) is 0 Å². The van der Waals surface area contributed by atoms with E-state index in [2.05, 4.69) is 25.9 Å². The Balaban J connectivity index is 2.84. The smallest absolute Gasteiger partial charge is 0.162 e. The molecule has 0 aliphatic rings. The van der Waals surface area contributed by atoms with Gasteiger partial charge in [0.2, 0.25) is 0 Å². The summed E-state index contributed by atoms with van der Waals surface area (Å²) in [5.74, 6) is 0.776. The molecular formula is C9H7BrN2O. The molecule has 0 bridgehead atoms. The highest BCUT2D eigenvalue weighted by atomic mass is 79.9. The molecule has 0 amide bonds. The number of hydrogen-bond acceptors (Lipinski definition) is 3. The van der Waals surface area contributed by atoms with E-state index in [9.17, 15) is 0 Å². The molecule has 13 heavy (non-hydrogen) atoms. The number of nitrogens with zero attached hydrogens (tertiary/aromatic N) is 2. The fourth-order valence-corrected chi connectivity index (χ4v) is 1.67. The van der Waals surface area contributed by atoms with Gasteiger partial charge >= 0.3 is 0 Å². The van der Waals surface area contributed by atoms with Crippen LogP contribution in [-0.2, 0) is 0 Å². The molecule has 4 heteroatoms. The number of rotatable bonds is 1. The predicted molar refractivity (Wildman–Crippen MR) is 53.8 cm³/mol. The lowest BCUT2D eigenvalue weighted by Crippen LogP contribution is -1.90. The van der Waals surface area contributed by atoms with Gasteiger partial charge in [0.25, 0.3) is 0 Å². The topological polar surface area (TPSA) is 35.0 Å². The highest BCUT2D eigenvalue weighted by Crippen LogP contribution is 2.30. The van der Waals surface area contributed by atoms with Crippen LogP contribution in [0.2, 0.25) is 0 Å². The van der Waals surface area contributed by atoms with Gasteiger partial charge in [-0.1, -0.05) is 0 Å². The molecule has 0 N–H and O–H groups in total. The number of fused-ring (bicyclic) bond motifs is 1. The maximum Gasteiger partial charge on any atom is 0.162 e. The Hall–Kier alpha value is -1.16. The molecule has 0 saturated carbocycles. The van der Waals surface area contributed by atoms with Crippen LogP contribution in [0.4, 0.5) is 0 Å². The lowest BCUT2D eigenvalue weighted by Gasteiger charge is -2.05. The normalized spacial score (nSPS) is 10.3. The maximum absolute atomic E-state index is 5.23. The number of halogens is 1. The standard InChI is InChI=1S/C9H7BrN2O/c1-13-8-6-3-2-4-11-9(6)12-5-7(8)10/h2-5H,1H3. The summed E-state index contributed by atoms with van der Waals surface area (Å²) in [6, 6.07) is 3.79. The minimum atomic E-state index is 0.697. The van der Waals surface area contributed by atoms with Crippen molar-refractivity contribution in [3.05, 3.63) is 29.0 Å². The summed E-state index contributed by atoms with van der Waals surface area (Å²) in [6.45, 7) is 0. The summed E-state index contributed by atoms with van der Waals surface area (Å²) in [7, 11) is 1.63. The van der Waals surface area contributed by atoms with Gasteiger partial charge < -0.3 is 4.74 Å². The third-order valence-corrected chi connectivity index (χ3v) is 2.32. The number of ether oxygens (including phenoxy) is 1. The molecule has 0 unspecified atom stereocenters. The molecule has 0 aliphatic carbocycles. The first-order chi connectivity index (χ1) is 6.33. The predicted octanol–water partition coefficient (Wildman–Crippen LogP) is 2.40. The van der Waals surface area contributed by atoms with Crippen LogP contribution in [-0.4, -0.2) is 17.1 Å². The van der Waals surface area contributed by atoms with E-state index < -0.39 is 0 Å². The van der Waals surface area contributed by atoms with Gasteiger partial charge in [0, 0.05) is 12.4 Å². The van der Waals surface area contributed by atoms with Crippen LogP contribution in [0.5, 0.6) is 5.75 Å². The number of aromatic nitrogens is 2. The van der Waals surface area contributed by atoms with Crippen molar-refractivity contribution >= 4 is 27.0 Å². The first-order valence-electron chi connectivity index (χ1n) is 3.76. The van der Waals surface area contributed by atoms with Crippen LogP contribution >= 0.6 is 15.9 Å². The monoisotopic (exact) mass is 238 g/mol. The zero-order valence-corrected chi connectivity index (χ0v) is 8.58. The lowest BCUT2D eigenvalue weighted by atomic mass is 10.3. The Morgan fingerprint density at radius 3 is 3.00 bits per heavy atom. The van der Waals surface area contributed by atoms with Gasteiger partial charge in [0.05, 0.1) is 17.0 Å². The second kappa shape index (κ2) is 3.30. The van der Waals surface area contributed by atoms with Gasteiger partial charge in [-0.3, -0.25) is 0 Å². The Bertz CT molecular complexity index is 445. The second-order valence-corrected chi connectivity index (χ2v) is 3.37. The Morgan fingerprint density at radius 1 is 1.38 bits per heavy atom. The van der Waals surface area contributed by atoms with Crippen molar-refractivity contribution in [1.82, 2.24) is 9.97 Å². The molecule has 2 aromatic rings. The summed E-state index contributed by atoms with van der Waals surface area (Å²) < 4.78 is 6.07. The first kappa shape index (κ1) is 8.44. The minimum Gasteiger partial charge on any atom is -0.495 e. The van der Waals surface area contributed by atoms with Gasteiger partial charge in [-0.2, -0.15) is 0 Å². The summed E-state index contributed by atoms with van der Waals surface area (Å²) in [6.07, 6.45) is 3.40. The van der Waals surface area contributed by atoms with E-state index in [-0.39, 0.29) is 0 Å². The van der Waals surface area contributed by atoms with Crippen LogP contribution in [0, 0.1) is 0 Å². The molecule has 3 nitrogen and oxygen atoms in total. The average molecular weight is 239 g/mol. The average Bonchev–Trinajstić information content (AvgIpc) is 2.18. The van der Waals surface area contributed by atoms with Gasteiger partial charge in [0.15, 0.2) is 5.65 Å². The van der Waals surface area contributed by atoms with Crippen LogP contribution in [0.15, 0.2) is 29.0 Å². The fourth-order valence-electron chi connectivity index (χ4n) is 1.19. The molecule has 66 valence electrons. The van der Waals surface area contributed by atoms with Crippen LogP contribution in [0.25, 0.3) is 11.0 Å². The summed E-state index contributed by atoms with van der Waals surface area (Å²) in [5, 5.41) is 0.916. The first-order valence-corrected chi connectivity index (χ1v) is 4.55. The lowest BCUT2D eigenvalue weighted by molar-refractivity contribution is 0.417. The molecule has 2 aromatic heterocycles. The quantitative estimate of drug-likeness (QED) is 0.766. The molecule has 0 saturated heterocycles. The Labute approximate surface area is 83.9 Å². The maximum atomic E-state index is 5.23.